The number of urea groups is 1. The highest BCUT2D eigenvalue weighted by Crippen LogP contribution is 2.36. The van der Waals surface area contributed by atoms with Crippen LogP contribution in [0.1, 0.15) is 75.5 Å². The number of nitriles is 1. The number of guanidine groups is 1. The van der Waals surface area contributed by atoms with Gasteiger partial charge in [0.2, 0.25) is 15.9 Å². The molecule has 15 nitrogen and oxygen atoms in total. The van der Waals surface area contributed by atoms with Crippen LogP contribution in [0.5, 0.6) is 0 Å². The van der Waals surface area contributed by atoms with Crippen LogP contribution in [-0.4, -0.2) is 96.7 Å². The number of fused-ring (bicyclic) bond motifs is 1. The first-order valence-corrected chi connectivity index (χ1v) is 20.8. The van der Waals surface area contributed by atoms with E-state index in [1.165, 1.54) is 34.0 Å². The van der Waals surface area contributed by atoms with Crippen LogP contribution in [-0.2, 0) is 33.0 Å². The number of hydrogen-bond acceptors (Lipinski definition) is 9. The second-order valence-corrected chi connectivity index (χ2v) is 17.2. The molecule has 3 aromatic rings. The molecule has 0 aliphatic carbocycles. The zero-order valence-electron chi connectivity index (χ0n) is 33.1. The highest BCUT2D eigenvalue weighted by Gasteiger charge is 2.33. The van der Waals surface area contributed by atoms with Gasteiger partial charge in [-0.1, -0.05) is 18.0 Å². The van der Waals surface area contributed by atoms with Crippen molar-refractivity contribution in [2.45, 2.75) is 88.8 Å². The number of piperidine rings is 2. The fourth-order valence-corrected chi connectivity index (χ4v) is 9.62. The summed E-state index contributed by atoms with van der Waals surface area (Å²) >= 11 is 0. The Kier molecular flexibility index (Phi) is 13.1. The van der Waals surface area contributed by atoms with Gasteiger partial charge in [0.05, 0.1) is 28.6 Å². The summed E-state index contributed by atoms with van der Waals surface area (Å²) in [6, 6.07) is 12.8. The molecule has 4 heterocycles. The van der Waals surface area contributed by atoms with Gasteiger partial charge in [0, 0.05) is 51.1 Å². The van der Waals surface area contributed by atoms with Crippen molar-refractivity contribution in [1.29, 1.82) is 5.26 Å². The quantitative estimate of drug-likeness (QED) is 0.136. The van der Waals surface area contributed by atoms with Crippen molar-refractivity contribution in [3.63, 3.8) is 0 Å². The SMILES string of the molecule is C#[N+]C(=NC1CCN(S(=O)(=O)c2ccc(C#N)c(CC(C)CN3CCC(c4ccc5c(N6CCC(=O)NC6=O)nn(C)c5c4)C[C@H]3C)c2)CC1)N/C=C(\C)OC(F)F. The van der Waals surface area contributed by atoms with Gasteiger partial charge in [-0.2, -0.15) is 28.3 Å². The number of ether oxygens (including phenoxy) is 1. The van der Waals surface area contributed by atoms with Crippen molar-refractivity contribution in [2.24, 2.45) is 18.0 Å². The average Bonchev–Trinajstić information content (AvgIpc) is 3.51. The van der Waals surface area contributed by atoms with E-state index in [-0.39, 0.29) is 66.6 Å². The number of alkyl halides is 2. The zero-order chi connectivity index (χ0) is 41.7. The molecule has 3 fully saturated rings. The van der Waals surface area contributed by atoms with Crippen LogP contribution in [0.15, 0.2) is 58.2 Å². The van der Waals surface area contributed by atoms with Gasteiger partial charge >= 0.3 is 18.6 Å². The topological polar surface area (TPSA) is 170 Å². The summed E-state index contributed by atoms with van der Waals surface area (Å²) in [7, 11) is -2.01. The molecule has 2 N–H and O–H groups in total. The number of benzene rings is 2. The maximum absolute atomic E-state index is 13.8. The van der Waals surface area contributed by atoms with Gasteiger partial charge in [-0.3, -0.25) is 19.7 Å². The lowest BCUT2D eigenvalue weighted by Gasteiger charge is -2.39. The van der Waals surface area contributed by atoms with Crippen molar-refractivity contribution < 1.29 is 31.5 Å². The number of rotatable bonds is 12. The van der Waals surface area contributed by atoms with E-state index in [4.69, 9.17) is 6.57 Å². The number of aliphatic imine (C=N–C) groups is 1. The molecule has 6 rings (SSSR count). The molecule has 0 spiro atoms. The summed E-state index contributed by atoms with van der Waals surface area (Å²) in [5.41, 5.74) is 3.27. The van der Waals surface area contributed by atoms with Crippen LogP contribution in [0.25, 0.3) is 15.7 Å². The summed E-state index contributed by atoms with van der Waals surface area (Å²) in [5.74, 6) is 0.648. The van der Waals surface area contributed by atoms with E-state index in [1.54, 1.807) is 16.8 Å². The van der Waals surface area contributed by atoms with Crippen LogP contribution in [0.3, 0.4) is 0 Å². The largest absolute Gasteiger partial charge is 0.488 e. The maximum atomic E-state index is 13.8. The molecule has 3 aliphatic rings. The van der Waals surface area contributed by atoms with Gasteiger partial charge in [-0.15, -0.1) is 0 Å². The molecule has 58 heavy (non-hydrogen) atoms. The van der Waals surface area contributed by atoms with Crippen LogP contribution >= 0.6 is 0 Å². The van der Waals surface area contributed by atoms with Crippen molar-refractivity contribution in [1.82, 2.24) is 29.6 Å². The molecule has 2 unspecified atom stereocenters. The highest BCUT2D eigenvalue weighted by molar-refractivity contribution is 7.89. The summed E-state index contributed by atoms with van der Waals surface area (Å²) in [6.07, 6.45) is 4.62. The van der Waals surface area contributed by atoms with Gasteiger partial charge in [0.15, 0.2) is 5.82 Å². The second kappa shape index (κ2) is 18.0. The predicted octanol–water partition coefficient (Wildman–Crippen LogP) is 5.50. The monoisotopic (exact) mass is 819 g/mol. The number of amides is 3. The van der Waals surface area contributed by atoms with E-state index in [0.717, 1.165) is 36.8 Å². The lowest BCUT2D eigenvalue weighted by atomic mass is 9.85. The maximum Gasteiger partial charge on any atom is 0.488 e. The molecule has 3 aliphatic heterocycles. The third kappa shape index (κ3) is 9.63. The standard InChI is InChI=1S/C40H48F2N10O5S/c1-25(24-50-14-10-29(19-26(50)2)28-7-9-34-35(21-28)49(5)48-37(34)52-17-13-36(53)47-40(52)54)18-31-20-33(8-6-30(31)22-43)58(55,56)51-15-11-32(12-16-51)46-39(44-4)45-23-27(3)57-38(41)42/h4,6-9,20-21,23,25-26,29,32,38H,10-19,24H2,1-3,5H3,(H-,45,46,47,53,54)/p+1/b27-23+/t25?,26-,29?/m1/s1. The van der Waals surface area contributed by atoms with E-state index in [0.29, 0.717) is 42.1 Å². The number of nitrogens with one attached hydrogen (secondary N) is 2. The minimum absolute atomic E-state index is 0.00730. The Labute approximate surface area is 337 Å². The van der Waals surface area contributed by atoms with Crippen molar-refractivity contribution in [3.8, 4) is 12.6 Å². The molecule has 3 atom stereocenters. The fourth-order valence-electron chi connectivity index (χ4n) is 8.10. The molecule has 0 saturated carbocycles. The molecular weight excluding hydrogens is 771 g/mol. The number of halogens is 2. The normalized spacial score (nSPS) is 21.2. The predicted molar refractivity (Wildman–Crippen MR) is 215 cm³/mol. The number of sulfonamides is 1. The number of anilines is 1. The number of imide groups is 1. The lowest BCUT2D eigenvalue weighted by Crippen LogP contribution is -2.49. The van der Waals surface area contributed by atoms with Gasteiger partial charge in [0.1, 0.15) is 18.0 Å². The minimum atomic E-state index is -3.86. The Morgan fingerprint density at radius 1 is 1.17 bits per heavy atom. The van der Waals surface area contributed by atoms with Gasteiger partial charge in [-0.25, -0.2) is 18.5 Å². The number of aryl methyl sites for hydroxylation is 1. The Balaban J connectivity index is 1.05. The molecule has 0 bridgehead atoms. The third-order valence-corrected chi connectivity index (χ3v) is 13.0. The first-order valence-electron chi connectivity index (χ1n) is 19.4. The number of nitrogens with zero attached hydrogens (tertiary/aromatic N) is 8. The molecule has 308 valence electrons. The third-order valence-electron chi connectivity index (χ3n) is 11.1. The summed E-state index contributed by atoms with van der Waals surface area (Å²) in [6.45, 7) is 10.5. The Morgan fingerprint density at radius 2 is 1.93 bits per heavy atom. The number of likely N-dealkylation sites (tertiary alicyclic amines) is 1. The van der Waals surface area contributed by atoms with E-state index < -0.39 is 22.7 Å². The van der Waals surface area contributed by atoms with Crippen LogP contribution in [0, 0.1) is 23.8 Å². The molecule has 3 saturated heterocycles. The van der Waals surface area contributed by atoms with Gasteiger partial charge in [-0.05, 0) is 106 Å². The van der Waals surface area contributed by atoms with Gasteiger partial charge < -0.3 is 9.64 Å². The summed E-state index contributed by atoms with van der Waals surface area (Å²) in [5, 5.41) is 20.4. The van der Waals surface area contributed by atoms with E-state index >= 15 is 0 Å². The fraction of sp³-hybridized carbons (Fsp3) is 0.500. The van der Waals surface area contributed by atoms with Gasteiger partial charge in [0.25, 0.3) is 0 Å². The van der Waals surface area contributed by atoms with Crippen LogP contribution in [0.4, 0.5) is 19.4 Å². The first-order chi connectivity index (χ1) is 27.7. The molecule has 1 aromatic heterocycles. The van der Waals surface area contributed by atoms with E-state index in [9.17, 15) is 32.0 Å². The average molecular weight is 820 g/mol. The van der Waals surface area contributed by atoms with Crippen LogP contribution in [0.2, 0.25) is 0 Å². The first kappa shape index (κ1) is 42.2. The second-order valence-electron chi connectivity index (χ2n) is 15.3. The van der Waals surface area contributed by atoms with Crippen molar-refractivity contribution in [2.75, 3.05) is 37.6 Å². The van der Waals surface area contributed by atoms with Crippen LogP contribution < -0.4 is 15.5 Å². The molecule has 18 heteroatoms. The van der Waals surface area contributed by atoms with Crippen molar-refractivity contribution in [3.05, 3.63) is 69.9 Å². The molecular formula is C40H49F2N10O5S+. The Morgan fingerprint density at radius 3 is 2.60 bits per heavy atom. The zero-order valence-corrected chi connectivity index (χ0v) is 33.9. The number of allylic oxidation sites excluding steroid dienone is 1. The summed E-state index contributed by atoms with van der Waals surface area (Å²) < 4.78 is 59.9. The number of hydrogen-bond donors (Lipinski definition) is 2. The molecule has 3 amide bonds. The number of carbonyl (C=O) groups is 2. The molecule has 0 radical (unpaired) electrons. The molecule has 2 aromatic carbocycles. The van der Waals surface area contributed by atoms with Crippen molar-refractivity contribution >= 4 is 44.6 Å². The lowest BCUT2D eigenvalue weighted by molar-refractivity contribution is -0.120. The smallest absolute Gasteiger partial charge is 0.437 e. The van der Waals surface area contributed by atoms with E-state index in [1.807, 2.05) is 13.1 Å². The minimum Gasteiger partial charge on any atom is -0.437 e. The Hall–Kier alpha value is -5.43. The van der Waals surface area contributed by atoms with E-state index in [2.05, 4.69) is 67.3 Å². The summed E-state index contributed by atoms with van der Waals surface area (Å²) in [4.78, 5) is 36.3. The Bertz CT molecular complexity index is 2290. The number of carbonyl (C=O) groups excluding carboxylic acids is 2. The highest BCUT2D eigenvalue weighted by atomic mass is 32.2. The number of aromatic nitrogens is 2.